The number of anilines is 2. The lowest BCUT2D eigenvalue weighted by atomic mass is 9.94. The highest BCUT2D eigenvalue weighted by Gasteiger charge is 2.24. The first-order chi connectivity index (χ1) is 16.3. The summed E-state index contributed by atoms with van der Waals surface area (Å²) in [7, 11) is 0. The van der Waals surface area contributed by atoms with Crippen LogP contribution in [0.25, 0.3) is 0 Å². The minimum Gasteiger partial charge on any atom is -0.488 e. The van der Waals surface area contributed by atoms with E-state index in [1.807, 2.05) is 0 Å². The summed E-state index contributed by atoms with van der Waals surface area (Å²) in [5.74, 6) is -2.20. The highest BCUT2D eigenvalue weighted by Crippen LogP contribution is 2.26. The molecule has 8 N–H and O–H groups in total. The van der Waals surface area contributed by atoms with E-state index in [0.717, 1.165) is 0 Å². The smallest absolute Gasteiger partial charge is 0.255 e. The Morgan fingerprint density at radius 2 is 1.88 bits per heavy atom. The van der Waals surface area contributed by atoms with Crippen LogP contribution in [0, 0.1) is 5.92 Å². The van der Waals surface area contributed by atoms with Gasteiger partial charge in [-0.1, -0.05) is 12.5 Å². The average Bonchev–Trinajstić information content (AvgIpc) is 2.81. The second kappa shape index (κ2) is 11.3. The average molecular weight is 468 g/mol. The largest absolute Gasteiger partial charge is 0.488 e. The zero-order valence-electron chi connectivity index (χ0n) is 18.8. The van der Waals surface area contributed by atoms with Crippen molar-refractivity contribution in [2.45, 2.75) is 32.3 Å². The van der Waals surface area contributed by atoms with Crippen LogP contribution < -0.4 is 32.6 Å². The molecule has 1 aliphatic heterocycles. The van der Waals surface area contributed by atoms with Gasteiger partial charge in [-0.15, -0.1) is 0 Å². The molecule has 180 valence electrons. The molecule has 0 bridgehead atoms. The van der Waals surface area contributed by atoms with Gasteiger partial charge < -0.3 is 32.6 Å². The van der Waals surface area contributed by atoms with Crippen molar-refractivity contribution in [3.8, 4) is 5.75 Å². The van der Waals surface area contributed by atoms with E-state index in [2.05, 4.69) is 10.6 Å². The number of carbonyl (C=O) groups is 4. The molecule has 10 nitrogen and oxygen atoms in total. The van der Waals surface area contributed by atoms with E-state index in [1.165, 1.54) is 18.2 Å². The number of carbonyl (C=O) groups excluding carboxylic acids is 4. The second-order valence-electron chi connectivity index (χ2n) is 8.18. The fraction of sp³-hybridized carbons (Fsp3) is 0.333. The van der Waals surface area contributed by atoms with Gasteiger partial charge in [0.2, 0.25) is 11.8 Å². The number of benzene rings is 2. The molecule has 2 aromatic carbocycles. The molecule has 2 aromatic rings. The van der Waals surface area contributed by atoms with Gasteiger partial charge in [-0.25, -0.2) is 0 Å². The van der Waals surface area contributed by atoms with Gasteiger partial charge in [0.05, 0.1) is 12.1 Å². The summed E-state index contributed by atoms with van der Waals surface area (Å²) >= 11 is 0. The zero-order chi connectivity index (χ0) is 24.7. The molecule has 0 saturated heterocycles. The Labute approximate surface area is 197 Å². The van der Waals surface area contributed by atoms with Crippen LogP contribution in [0.3, 0.4) is 0 Å². The highest BCUT2D eigenvalue weighted by molar-refractivity contribution is 6.01. The number of rotatable bonds is 5. The number of amides is 3. The number of hydrogen-bond acceptors (Lipinski definition) is 7. The van der Waals surface area contributed by atoms with Gasteiger partial charge in [0.25, 0.3) is 5.91 Å². The van der Waals surface area contributed by atoms with E-state index in [9.17, 15) is 19.2 Å². The first-order valence-corrected chi connectivity index (χ1v) is 11.0. The summed E-state index contributed by atoms with van der Waals surface area (Å²) in [5, 5.41) is 5.42. The fourth-order valence-electron chi connectivity index (χ4n) is 3.70. The maximum absolute atomic E-state index is 13.1. The predicted octanol–water partition coefficient (Wildman–Crippen LogP) is 1.33. The lowest BCUT2D eigenvalue weighted by Crippen LogP contribution is -2.33. The van der Waals surface area contributed by atoms with Gasteiger partial charge in [-0.3, -0.25) is 19.2 Å². The van der Waals surface area contributed by atoms with Crippen LogP contribution in [-0.4, -0.2) is 36.6 Å². The Bertz CT molecular complexity index is 1100. The van der Waals surface area contributed by atoms with Crippen molar-refractivity contribution in [3.63, 3.8) is 0 Å². The Hall–Kier alpha value is -3.92. The number of fused-ring (bicyclic) bond motifs is 2. The van der Waals surface area contributed by atoms with Gasteiger partial charge in [-0.2, -0.15) is 0 Å². The van der Waals surface area contributed by atoms with Gasteiger partial charge in [0.1, 0.15) is 12.4 Å². The third kappa shape index (κ3) is 6.32. The molecule has 0 unspecified atom stereocenters. The first kappa shape index (κ1) is 24.7. The molecule has 1 heterocycles. The Morgan fingerprint density at radius 3 is 2.62 bits per heavy atom. The molecule has 0 spiro atoms. The van der Waals surface area contributed by atoms with Crippen molar-refractivity contribution in [1.29, 1.82) is 0 Å². The molecule has 3 rings (SSSR count). The van der Waals surface area contributed by atoms with Gasteiger partial charge in [0, 0.05) is 34.8 Å². The molecule has 0 aromatic heterocycles. The molecule has 1 aliphatic rings. The summed E-state index contributed by atoms with van der Waals surface area (Å²) in [6.45, 7) is 0.231. The van der Waals surface area contributed by atoms with Crippen molar-refractivity contribution in [2.75, 3.05) is 24.1 Å². The number of ether oxygens (including phenoxy) is 1. The van der Waals surface area contributed by atoms with Crippen molar-refractivity contribution in [2.24, 2.45) is 17.4 Å². The number of nitrogen functional groups attached to an aromatic ring is 1. The van der Waals surface area contributed by atoms with Gasteiger partial charge in [0.15, 0.2) is 5.78 Å². The van der Waals surface area contributed by atoms with Crippen molar-refractivity contribution in [3.05, 3.63) is 53.1 Å². The fourth-order valence-corrected chi connectivity index (χ4v) is 3.70. The van der Waals surface area contributed by atoms with Crippen molar-refractivity contribution < 1.29 is 23.9 Å². The Morgan fingerprint density at radius 1 is 1.09 bits per heavy atom. The second-order valence-corrected chi connectivity index (χ2v) is 8.18. The van der Waals surface area contributed by atoms with Crippen LogP contribution in [0.4, 0.5) is 11.4 Å². The Kier molecular flexibility index (Phi) is 8.20. The van der Waals surface area contributed by atoms with Crippen LogP contribution in [0.2, 0.25) is 0 Å². The molecular formula is C24H29N5O5. The van der Waals surface area contributed by atoms with Crippen LogP contribution in [0.15, 0.2) is 36.4 Å². The summed E-state index contributed by atoms with van der Waals surface area (Å²) in [5.41, 5.74) is 18.5. The molecule has 34 heavy (non-hydrogen) atoms. The molecule has 10 heteroatoms. The highest BCUT2D eigenvalue weighted by atomic mass is 16.5. The maximum Gasteiger partial charge on any atom is 0.255 e. The molecule has 0 aliphatic carbocycles. The molecule has 0 fully saturated rings. The number of ketones is 1. The SMILES string of the molecule is NCCCC[C@@H]1CC(=O)CNC(=O)c2cc(N)ccc2OCc2ccc(C(N)=O)cc2NC1=O. The molecular weight excluding hydrogens is 438 g/mol. The standard InChI is InChI=1S/C24H29N5O5/c25-8-2-1-3-15-9-18(30)12-28-24(33)19-11-17(26)6-7-21(19)34-13-16-5-4-14(22(27)31)10-20(16)29-23(15)32/h4-7,10-11,15H,1-3,8-9,12-13,25-26H2,(H2,27,31)(H,28,33)(H,29,32)/t15-/m1/s1. The van der Waals surface area contributed by atoms with Crippen LogP contribution in [-0.2, 0) is 16.2 Å². The van der Waals surface area contributed by atoms with Crippen molar-refractivity contribution in [1.82, 2.24) is 5.32 Å². The van der Waals surface area contributed by atoms with E-state index in [0.29, 0.717) is 42.7 Å². The summed E-state index contributed by atoms with van der Waals surface area (Å²) in [6.07, 6.45) is 1.77. The number of nitrogens with one attached hydrogen (secondary N) is 2. The summed E-state index contributed by atoms with van der Waals surface area (Å²) < 4.78 is 5.87. The monoisotopic (exact) mass is 467 g/mol. The molecule has 1 atom stereocenters. The third-order valence-corrected chi connectivity index (χ3v) is 5.58. The number of hydrogen-bond donors (Lipinski definition) is 5. The van der Waals surface area contributed by atoms with E-state index in [1.54, 1.807) is 18.2 Å². The summed E-state index contributed by atoms with van der Waals surface area (Å²) in [6, 6.07) is 9.23. The zero-order valence-corrected chi connectivity index (χ0v) is 18.8. The van der Waals surface area contributed by atoms with E-state index in [-0.39, 0.29) is 48.1 Å². The molecule has 0 saturated carbocycles. The number of primary amides is 1. The van der Waals surface area contributed by atoms with E-state index < -0.39 is 17.7 Å². The maximum atomic E-state index is 13.1. The number of Topliss-reactive ketones (excluding diaryl/α,β-unsaturated/α-hetero) is 1. The summed E-state index contributed by atoms with van der Waals surface area (Å²) in [4.78, 5) is 50.2. The topological polar surface area (TPSA) is 180 Å². The normalized spacial score (nSPS) is 16.9. The number of unbranched alkanes of at least 4 members (excludes halogenated alkanes) is 1. The van der Waals surface area contributed by atoms with Crippen LogP contribution >= 0.6 is 0 Å². The minimum atomic E-state index is -0.649. The number of nitrogens with two attached hydrogens (primary N) is 3. The predicted molar refractivity (Wildman–Crippen MR) is 127 cm³/mol. The quantitative estimate of drug-likeness (QED) is 0.325. The van der Waals surface area contributed by atoms with Crippen LogP contribution in [0.5, 0.6) is 5.75 Å². The molecule has 0 radical (unpaired) electrons. The first-order valence-electron chi connectivity index (χ1n) is 11.0. The minimum absolute atomic E-state index is 0.00434. The van der Waals surface area contributed by atoms with E-state index >= 15 is 0 Å². The van der Waals surface area contributed by atoms with Gasteiger partial charge in [-0.05, 0) is 49.7 Å². The molecule has 3 amide bonds. The van der Waals surface area contributed by atoms with Gasteiger partial charge >= 0.3 is 0 Å². The van der Waals surface area contributed by atoms with Crippen LogP contribution in [0.1, 0.15) is 52.0 Å². The lowest BCUT2D eigenvalue weighted by Gasteiger charge is -2.20. The van der Waals surface area contributed by atoms with Crippen molar-refractivity contribution >= 4 is 34.9 Å². The van der Waals surface area contributed by atoms with E-state index in [4.69, 9.17) is 21.9 Å². The lowest BCUT2D eigenvalue weighted by molar-refractivity contribution is -0.126. The third-order valence-electron chi connectivity index (χ3n) is 5.58. The Balaban J connectivity index is 2.00.